The Balaban J connectivity index is 1.62. The molecule has 1 aliphatic heterocycles. The van der Waals surface area contributed by atoms with E-state index in [1.165, 1.54) is 6.20 Å². The molecule has 0 amide bonds. The van der Waals surface area contributed by atoms with Gasteiger partial charge in [-0.25, -0.2) is 9.37 Å². The van der Waals surface area contributed by atoms with Gasteiger partial charge in [0.1, 0.15) is 17.6 Å². The first kappa shape index (κ1) is 22.0. The highest BCUT2D eigenvalue weighted by Crippen LogP contribution is 2.26. The molecule has 0 bridgehead atoms. The molecular weight excluding hydrogens is 383 g/mol. The Bertz CT molecular complexity index is 855. The summed E-state index contributed by atoms with van der Waals surface area (Å²) in [7, 11) is 0. The van der Waals surface area contributed by atoms with Gasteiger partial charge >= 0.3 is 0 Å². The standard InChI is InChI=1S/C23H31FN4O2/c1-5-27(6-2)22-21(24)14-25-23(26-22)28-12-11-20(15-28)30-19-9-7-18(8-10-19)16(3)13-17(4)29/h7-10,14,16,20H,5-6,11-13,15H2,1-4H3/t16-,20-/m1/s1. The highest BCUT2D eigenvalue weighted by Gasteiger charge is 2.27. The predicted octanol–water partition coefficient (Wildman–Crippen LogP) is 4.20. The average Bonchev–Trinajstić information content (AvgIpc) is 3.18. The van der Waals surface area contributed by atoms with Crippen molar-refractivity contribution in [2.24, 2.45) is 0 Å². The molecule has 6 nitrogen and oxygen atoms in total. The van der Waals surface area contributed by atoms with Crippen molar-refractivity contribution in [3.8, 4) is 5.75 Å². The normalized spacial score (nSPS) is 17.1. The van der Waals surface area contributed by atoms with Gasteiger partial charge in [-0.05, 0) is 44.4 Å². The van der Waals surface area contributed by atoms with Crippen molar-refractivity contribution in [2.45, 2.75) is 52.6 Å². The van der Waals surface area contributed by atoms with E-state index in [2.05, 4.69) is 16.9 Å². The van der Waals surface area contributed by atoms with Crippen molar-refractivity contribution in [2.75, 3.05) is 36.0 Å². The first-order valence-electron chi connectivity index (χ1n) is 10.7. The Morgan fingerprint density at radius 1 is 1.30 bits per heavy atom. The number of hydrogen-bond donors (Lipinski definition) is 0. The molecule has 1 fully saturated rings. The first-order valence-corrected chi connectivity index (χ1v) is 10.7. The number of carbonyl (C=O) groups is 1. The lowest BCUT2D eigenvalue weighted by atomic mass is 9.96. The van der Waals surface area contributed by atoms with Crippen LogP contribution < -0.4 is 14.5 Å². The number of ketones is 1. The summed E-state index contributed by atoms with van der Waals surface area (Å²) in [5, 5.41) is 0. The molecule has 1 saturated heterocycles. The van der Waals surface area contributed by atoms with E-state index in [4.69, 9.17) is 4.74 Å². The Kier molecular flexibility index (Phi) is 7.24. The zero-order valence-corrected chi connectivity index (χ0v) is 18.3. The number of anilines is 2. The molecule has 1 aliphatic rings. The number of benzene rings is 1. The molecule has 0 radical (unpaired) electrons. The molecule has 0 unspecified atom stereocenters. The van der Waals surface area contributed by atoms with Crippen LogP contribution in [0.2, 0.25) is 0 Å². The van der Waals surface area contributed by atoms with Crippen LogP contribution in [0.4, 0.5) is 16.2 Å². The molecule has 162 valence electrons. The minimum atomic E-state index is -0.395. The lowest BCUT2D eigenvalue weighted by molar-refractivity contribution is -0.117. The number of Topliss-reactive ketones (excluding diaryl/α,β-unsaturated/α-hetero) is 1. The molecule has 0 spiro atoms. The smallest absolute Gasteiger partial charge is 0.227 e. The molecule has 2 atom stereocenters. The van der Waals surface area contributed by atoms with Crippen LogP contribution in [0.1, 0.15) is 52.0 Å². The van der Waals surface area contributed by atoms with Crippen LogP contribution in [-0.4, -0.2) is 48.0 Å². The number of aromatic nitrogens is 2. The van der Waals surface area contributed by atoms with Gasteiger partial charge < -0.3 is 19.3 Å². The first-order chi connectivity index (χ1) is 14.4. The summed E-state index contributed by atoms with van der Waals surface area (Å²) in [4.78, 5) is 23.9. The summed E-state index contributed by atoms with van der Waals surface area (Å²) in [6.07, 6.45) is 2.68. The molecule has 2 aromatic rings. The van der Waals surface area contributed by atoms with E-state index < -0.39 is 5.82 Å². The predicted molar refractivity (Wildman–Crippen MR) is 117 cm³/mol. The average molecular weight is 415 g/mol. The minimum Gasteiger partial charge on any atom is -0.489 e. The summed E-state index contributed by atoms with van der Waals surface area (Å²) >= 11 is 0. The molecule has 2 heterocycles. The Labute approximate surface area is 178 Å². The summed E-state index contributed by atoms with van der Waals surface area (Å²) in [6.45, 7) is 10.4. The fourth-order valence-corrected chi connectivity index (χ4v) is 3.87. The lowest BCUT2D eigenvalue weighted by Gasteiger charge is -2.23. The highest BCUT2D eigenvalue weighted by molar-refractivity contribution is 5.76. The SMILES string of the molecule is CCN(CC)c1nc(N2CC[C@@H](Oc3ccc([C@H](C)CC(C)=O)cc3)C2)ncc1F. The van der Waals surface area contributed by atoms with E-state index in [9.17, 15) is 9.18 Å². The Hall–Kier alpha value is -2.70. The van der Waals surface area contributed by atoms with E-state index in [1.807, 2.05) is 47.9 Å². The van der Waals surface area contributed by atoms with Gasteiger partial charge in [0, 0.05) is 32.5 Å². The van der Waals surface area contributed by atoms with E-state index in [1.54, 1.807) is 6.92 Å². The van der Waals surface area contributed by atoms with Crippen LogP contribution in [0.25, 0.3) is 0 Å². The number of ether oxygens (including phenoxy) is 1. The molecular formula is C23H31FN4O2. The number of nitrogens with zero attached hydrogens (tertiary/aromatic N) is 4. The second-order valence-corrected chi connectivity index (χ2v) is 7.86. The van der Waals surface area contributed by atoms with Gasteiger partial charge in [0.25, 0.3) is 0 Å². The number of halogens is 1. The van der Waals surface area contributed by atoms with Crippen LogP contribution in [0, 0.1) is 5.82 Å². The maximum absolute atomic E-state index is 14.2. The fourth-order valence-electron chi connectivity index (χ4n) is 3.87. The van der Waals surface area contributed by atoms with Crippen LogP contribution in [0.15, 0.2) is 30.5 Å². The largest absolute Gasteiger partial charge is 0.489 e. The van der Waals surface area contributed by atoms with Gasteiger partial charge in [-0.2, -0.15) is 4.98 Å². The highest BCUT2D eigenvalue weighted by atomic mass is 19.1. The summed E-state index contributed by atoms with van der Waals surface area (Å²) in [5.74, 6) is 1.70. The van der Waals surface area contributed by atoms with Gasteiger partial charge in [0.2, 0.25) is 5.95 Å². The topological polar surface area (TPSA) is 58.6 Å². The second-order valence-electron chi connectivity index (χ2n) is 7.86. The summed E-state index contributed by atoms with van der Waals surface area (Å²) < 4.78 is 20.3. The number of hydrogen-bond acceptors (Lipinski definition) is 6. The number of rotatable bonds is 9. The maximum atomic E-state index is 14.2. The molecule has 1 aromatic carbocycles. The van der Waals surface area contributed by atoms with Crippen molar-refractivity contribution in [1.82, 2.24) is 9.97 Å². The van der Waals surface area contributed by atoms with E-state index in [0.717, 1.165) is 24.3 Å². The van der Waals surface area contributed by atoms with Crippen molar-refractivity contribution in [3.63, 3.8) is 0 Å². The van der Waals surface area contributed by atoms with Gasteiger partial charge in [-0.15, -0.1) is 0 Å². The van der Waals surface area contributed by atoms with Gasteiger partial charge in [-0.1, -0.05) is 19.1 Å². The third-order valence-corrected chi connectivity index (χ3v) is 5.55. The summed E-state index contributed by atoms with van der Waals surface area (Å²) in [5.41, 5.74) is 1.13. The summed E-state index contributed by atoms with van der Waals surface area (Å²) in [6, 6.07) is 7.97. The van der Waals surface area contributed by atoms with Gasteiger partial charge in [-0.3, -0.25) is 0 Å². The quantitative estimate of drug-likeness (QED) is 0.613. The molecule has 0 aliphatic carbocycles. The third-order valence-electron chi connectivity index (χ3n) is 5.55. The van der Waals surface area contributed by atoms with Crippen molar-refractivity contribution in [3.05, 3.63) is 41.8 Å². The van der Waals surface area contributed by atoms with Crippen molar-refractivity contribution in [1.29, 1.82) is 0 Å². The third kappa shape index (κ3) is 5.26. The molecule has 0 saturated carbocycles. The fraction of sp³-hybridized carbons (Fsp3) is 0.522. The van der Waals surface area contributed by atoms with Crippen molar-refractivity contribution < 1.29 is 13.9 Å². The molecule has 7 heteroatoms. The Morgan fingerprint density at radius 2 is 2.00 bits per heavy atom. The van der Waals surface area contributed by atoms with Crippen LogP contribution in [0.5, 0.6) is 5.75 Å². The van der Waals surface area contributed by atoms with Crippen LogP contribution in [-0.2, 0) is 4.79 Å². The van der Waals surface area contributed by atoms with Crippen molar-refractivity contribution >= 4 is 17.5 Å². The van der Waals surface area contributed by atoms with Gasteiger partial charge in [0.05, 0.1) is 12.7 Å². The zero-order valence-electron chi connectivity index (χ0n) is 18.3. The van der Waals surface area contributed by atoms with E-state index >= 15 is 0 Å². The minimum absolute atomic E-state index is 0.0241. The van der Waals surface area contributed by atoms with Gasteiger partial charge in [0.15, 0.2) is 11.6 Å². The molecule has 0 N–H and O–H groups in total. The molecule has 3 rings (SSSR count). The zero-order chi connectivity index (χ0) is 21.7. The number of carbonyl (C=O) groups excluding carboxylic acids is 1. The second kappa shape index (κ2) is 9.87. The van der Waals surface area contributed by atoms with E-state index in [-0.39, 0.29) is 17.8 Å². The van der Waals surface area contributed by atoms with E-state index in [0.29, 0.717) is 37.8 Å². The lowest BCUT2D eigenvalue weighted by Crippen LogP contribution is -2.28. The Morgan fingerprint density at radius 3 is 2.63 bits per heavy atom. The van der Waals surface area contributed by atoms with Crippen LogP contribution >= 0.6 is 0 Å². The maximum Gasteiger partial charge on any atom is 0.227 e. The molecule has 1 aromatic heterocycles. The molecule has 30 heavy (non-hydrogen) atoms. The van der Waals surface area contributed by atoms with Crippen LogP contribution in [0.3, 0.4) is 0 Å². The monoisotopic (exact) mass is 414 g/mol.